The maximum absolute atomic E-state index is 11.2. The molecule has 5 nitrogen and oxygen atoms in total. The van der Waals surface area contributed by atoms with E-state index in [1.807, 2.05) is 0 Å². The van der Waals surface area contributed by atoms with Crippen molar-refractivity contribution >= 4 is 23.5 Å². The SMILES string of the molecule is CCOC(=O)CCc1cc(Cl)cc(C(O)C(=O)O)c1. The zero-order chi connectivity index (χ0) is 14.4. The maximum Gasteiger partial charge on any atom is 0.337 e. The van der Waals surface area contributed by atoms with Crippen molar-refractivity contribution in [2.45, 2.75) is 25.9 Å². The monoisotopic (exact) mass is 286 g/mol. The molecular weight excluding hydrogens is 272 g/mol. The van der Waals surface area contributed by atoms with E-state index >= 15 is 0 Å². The normalized spacial score (nSPS) is 11.9. The summed E-state index contributed by atoms with van der Waals surface area (Å²) in [6, 6.07) is 4.52. The summed E-state index contributed by atoms with van der Waals surface area (Å²) >= 11 is 5.86. The van der Waals surface area contributed by atoms with Gasteiger partial charge in [0.25, 0.3) is 0 Å². The first-order valence-corrected chi connectivity index (χ1v) is 6.17. The van der Waals surface area contributed by atoms with Crippen LogP contribution in [0.25, 0.3) is 0 Å². The topological polar surface area (TPSA) is 83.8 Å². The van der Waals surface area contributed by atoms with Crippen LogP contribution in [0.2, 0.25) is 5.02 Å². The van der Waals surface area contributed by atoms with E-state index in [1.165, 1.54) is 12.1 Å². The van der Waals surface area contributed by atoms with Crippen molar-refractivity contribution in [2.75, 3.05) is 6.61 Å². The van der Waals surface area contributed by atoms with Gasteiger partial charge in [0, 0.05) is 11.4 Å². The zero-order valence-electron chi connectivity index (χ0n) is 10.4. The summed E-state index contributed by atoms with van der Waals surface area (Å²) in [5.74, 6) is -1.68. The number of carboxylic acid groups (broad SMARTS) is 1. The summed E-state index contributed by atoms with van der Waals surface area (Å²) in [5.41, 5.74) is 0.870. The van der Waals surface area contributed by atoms with Gasteiger partial charge in [0.15, 0.2) is 6.10 Å². The molecule has 0 radical (unpaired) electrons. The van der Waals surface area contributed by atoms with Gasteiger partial charge in [-0.3, -0.25) is 4.79 Å². The Morgan fingerprint density at radius 2 is 2.05 bits per heavy atom. The molecule has 0 aliphatic carbocycles. The molecule has 1 aromatic carbocycles. The first-order valence-electron chi connectivity index (χ1n) is 5.80. The van der Waals surface area contributed by atoms with Gasteiger partial charge in [-0.1, -0.05) is 17.7 Å². The number of benzene rings is 1. The van der Waals surface area contributed by atoms with E-state index in [-0.39, 0.29) is 18.0 Å². The van der Waals surface area contributed by atoms with Gasteiger partial charge in [-0.15, -0.1) is 0 Å². The van der Waals surface area contributed by atoms with Gasteiger partial charge >= 0.3 is 11.9 Å². The minimum atomic E-state index is -1.62. The molecule has 1 rings (SSSR count). The van der Waals surface area contributed by atoms with E-state index in [9.17, 15) is 14.7 Å². The van der Waals surface area contributed by atoms with Crippen LogP contribution in [0, 0.1) is 0 Å². The van der Waals surface area contributed by atoms with Crippen molar-refractivity contribution < 1.29 is 24.5 Å². The Kier molecular flexibility index (Phi) is 5.79. The highest BCUT2D eigenvalue weighted by atomic mass is 35.5. The van der Waals surface area contributed by atoms with Crippen LogP contribution in [0.5, 0.6) is 0 Å². The predicted octanol–water partition coefficient (Wildman–Crippen LogP) is 1.95. The number of rotatable bonds is 6. The van der Waals surface area contributed by atoms with Crippen LogP contribution in [0.15, 0.2) is 18.2 Å². The first-order chi connectivity index (χ1) is 8.93. The second-order valence-corrected chi connectivity index (χ2v) is 4.38. The van der Waals surface area contributed by atoms with Gasteiger partial charge in [0.1, 0.15) is 0 Å². The van der Waals surface area contributed by atoms with Crippen LogP contribution in [0.4, 0.5) is 0 Å². The van der Waals surface area contributed by atoms with Crippen LogP contribution in [-0.2, 0) is 20.7 Å². The molecule has 104 valence electrons. The average Bonchev–Trinajstić information content (AvgIpc) is 2.35. The lowest BCUT2D eigenvalue weighted by molar-refractivity contribution is -0.147. The molecule has 0 aliphatic rings. The molecule has 0 aromatic heterocycles. The molecule has 1 atom stereocenters. The molecule has 0 aliphatic heterocycles. The highest BCUT2D eigenvalue weighted by Crippen LogP contribution is 2.21. The lowest BCUT2D eigenvalue weighted by Gasteiger charge is -2.09. The summed E-state index contributed by atoms with van der Waals surface area (Å²) in [7, 11) is 0. The number of halogens is 1. The number of carbonyl (C=O) groups excluding carboxylic acids is 1. The summed E-state index contributed by atoms with van der Waals surface area (Å²) in [4.78, 5) is 21.9. The molecule has 0 heterocycles. The van der Waals surface area contributed by atoms with E-state index < -0.39 is 12.1 Å². The van der Waals surface area contributed by atoms with Crippen LogP contribution >= 0.6 is 11.6 Å². The smallest absolute Gasteiger partial charge is 0.337 e. The number of aryl methyl sites for hydroxylation is 1. The number of aliphatic hydroxyl groups excluding tert-OH is 1. The van der Waals surface area contributed by atoms with Crippen LogP contribution < -0.4 is 0 Å². The highest BCUT2D eigenvalue weighted by Gasteiger charge is 2.17. The van der Waals surface area contributed by atoms with Crippen molar-refractivity contribution in [1.29, 1.82) is 0 Å². The number of hydrogen-bond donors (Lipinski definition) is 2. The molecule has 0 saturated heterocycles. The van der Waals surface area contributed by atoms with Crippen LogP contribution in [-0.4, -0.2) is 28.8 Å². The molecule has 1 aromatic rings. The number of carbonyl (C=O) groups is 2. The number of aliphatic hydroxyl groups is 1. The fourth-order valence-electron chi connectivity index (χ4n) is 1.60. The Hall–Kier alpha value is -1.59. The molecule has 0 bridgehead atoms. The summed E-state index contributed by atoms with van der Waals surface area (Å²) in [5, 5.41) is 18.5. The maximum atomic E-state index is 11.2. The third-order valence-electron chi connectivity index (χ3n) is 2.45. The molecule has 6 heteroatoms. The minimum Gasteiger partial charge on any atom is -0.479 e. The Labute approximate surface area is 115 Å². The average molecular weight is 287 g/mol. The van der Waals surface area contributed by atoms with Gasteiger partial charge < -0.3 is 14.9 Å². The van der Waals surface area contributed by atoms with Crippen molar-refractivity contribution in [3.63, 3.8) is 0 Å². The minimum absolute atomic E-state index is 0.177. The first kappa shape index (κ1) is 15.5. The quantitative estimate of drug-likeness (QED) is 0.781. The van der Waals surface area contributed by atoms with Crippen molar-refractivity contribution in [3.05, 3.63) is 34.3 Å². The number of aliphatic carboxylic acids is 1. The Morgan fingerprint density at radius 1 is 1.37 bits per heavy atom. The number of hydrogen-bond acceptors (Lipinski definition) is 4. The van der Waals surface area contributed by atoms with Crippen molar-refractivity contribution in [1.82, 2.24) is 0 Å². The van der Waals surface area contributed by atoms with E-state index in [0.29, 0.717) is 23.6 Å². The molecule has 0 fully saturated rings. The van der Waals surface area contributed by atoms with Gasteiger partial charge in [-0.05, 0) is 36.6 Å². The van der Waals surface area contributed by atoms with E-state index in [1.54, 1.807) is 13.0 Å². The highest BCUT2D eigenvalue weighted by molar-refractivity contribution is 6.30. The molecule has 1 unspecified atom stereocenters. The Morgan fingerprint density at radius 3 is 2.63 bits per heavy atom. The lowest BCUT2D eigenvalue weighted by Crippen LogP contribution is -2.11. The molecule has 0 spiro atoms. The van der Waals surface area contributed by atoms with E-state index in [0.717, 1.165) is 0 Å². The standard InChI is InChI=1S/C13H15ClO5/c1-2-19-11(15)4-3-8-5-9(7-10(14)6-8)12(16)13(17)18/h5-7,12,16H,2-4H2,1H3,(H,17,18). The lowest BCUT2D eigenvalue weighted by atomic mass is 10.0. The Bertz CT molecular complexity index is 472. The van der Waals surface area contributed by atoms with Crippen molar-refractivity contribution in [2.24, 2.45) is 0 Å². The van der Waals surface area contributed by atoms with E-state index in [2.05, 4.69) is 0 Å². The summed E-state index contributed by atoms with van der Waals surface area (Å²) < 4.78 is 4.79. The summed E-state index contributed by atoms with van der Waals surface area (Å²) in [6.07, 6.45) is -1.07. The molecule has 19 heavy (non-hydrogen) atoms. The van der Waals surface area contributed by atoms with Crippen LogP contribution in [0.3, 0.4) is 0 Å². The third-order valence-corrected chi connectivity index (χ3v) is 2.67. The van der Waals surface area contributed by atoms with Gasteiger partial charge in [-0.2, -0.15) is 0 Å². The van der Waals surface area contributed by atoms with Gasteiger partial charge in [0.2, 0.25) is 0 Å². The molecule has 0 saturated carbocycles. The van der Waals surface area contributed by atoms with Gasteiger partial charge in [-0.25, -0.2) is 4.79 Å². The molecule has 2 N–H and O–H groups in total. The van der Waals surface area contributed by atoms with E-state index in [4.69, 9.17) is 21.4 Å². The Balaban J connectivity index is 2.79. The largest absolute Gasteiger partial charge is 0.479 e. The van der Waals surface area contributed by atoms with Gasteiger partial charge in [0.05, 0.1) is 6.61 Å². The van der Waals surface area contributed by atoms with Crippen molar-refractivity contribution in [3.8, 4) is 0 Å². The zero-order valence-corrected chi connectivity index (χ0v) is 11.2. The fourth-order valence-corrected chi connectivity index (χ4v) is 1.87. The second-order valence-electron chi connectivity index (χ2n) is 3.94. The van der Waals surface area contributed by atoms with Crippen LogP contribution in [0.1, 0.15) is 30.6 Å². The number of carboxylic acids is 1. The fraction of sp³-hybridized carbons (Fsp3) is 0.385. The number of esters is 1. The molecule has 0 amide bonds. The third kappa shape index (κ3) is 4.89. The second kappa shape index (κ2) is 7.11. The predicted molar refractivity (Wildman–Crippen MR) is 69.0 cm³/mol. The summed E-state index contributed by atoms with van der Waals surface area (Å²) in [6.45, 7) is 2.04. The molecular formula is C13H15ClO5. The number of ether oxygens (including phenoxy) is 1.